The number of rotatable bonds is 6. The molecule has 6 nitrogen and oxygen atoms in total. The highest BCUT2D eigenvalue weighted by Gasteiger charge is 2.17. The number of ether oxygens (including phenoxy) is 1. The Bertz CT molecular complexity index is 1290. The fourth-order valence-electron chi connectivity index (χ4n) is 2.71. The summed E-state index contributed by atoms with van der Waals surface area (Å²) in [6.07, 6.45) is 0. The Labute approximate surface area is 167 Å². The van der Waals surface area contributed by atoms with Gasteiger partial charge in [0.2, 0.25) is 0 Å². The molecule has 0 spiro atoms. The molecule has 3 aromatic carbocycles. The average molecular weight is 408 g/mol. The van der Waals surface area contributed by atoms with Gasteiger partial charge in [-0.25, -0.2) is 4.79 Å². The van der Waals surface area contributed by atoms with Crippen LogP contribution < -0.4 is 14.5 Å². The van der Waals surface area contributed by atoms with Crippen molar-refractivity contribution >= 4 is 21.1 Å². The predicted molar refractivity (Wildman–Crippen MR) is 108 cm³/mol. The van der Waals surface area contributed by atoms with Crippen LogP contribution in [-0.4, -0.2) is 8.42 Å². The summed E-state index contributed by atoms with van der Waals surface area (Å²) in [5.74, 6) is 0.760. The van der Waals surface area contributed by atoms with Gasteiger partial charge in [-0.15, -0.1) is 0 Å². The third-order valence-electron chi connectivity index (χ3n) is 4.16. The lowest BCUT2D eigenvalue weighted by Crippen LogP contribution is -2.09. The summed E-state index contributed by atoms with van der Waals surface area (Å²) in [5.41, 5.74) is 0.831. The average Bonchev–Trinajstić information content (AvgIpc) is 2.73. The third-order valence-corrected chi connectivity index (χ3v) is 5.40. The molecule has 0 amide bonds. The Balaban J connectivity index is 1.47. The van der Waals surface area contributed by atoms with Gasteiger partial charge < -0.3 is 13.3 Å². The van der Waals surface area contributed by atoms with Crippen molar-refractivity contribution in [3.8, 4) is 11.5 Å². The molecule has 0 unspecified atom stereocenters. The highest BCUT2D eigenvalue weighted by atomic mass is 32.2. The van der Waals surface area contributed by atoms with Crippen LogP contribution in [0.4, 0.5) is 0 Å². The maximum atomic E-state index is 12.6. The Morgan fingerprint density at radius 3 is 2.28 bits per heavy atom. The van der Waals surface area contributed by atoms with Crippen LogP contribution in [0.3, 0.4) is 0 Å². The van der Waals surface area contributed by atoms with E-state index in [1.165, 1.54) is 42.5 Å². The van der Waals surface area contributed by atoms with E-state index in [2.05, 4.69) is 0 Å². The van der Waals surface area contributed by atoms with Gasteiger partial charge >= 0.3 is 15.7 Å². The van der Waals surface area contributed by atoms with Crippen molar-refractivity contribution in [3.63, 3.8) is 0 Å². The number of hydrogen-bond acceptors (Lipinski definition) is 6. The second kappa shape index (κ2) is 7.81. The minimum absolute atomic E-state index is 0.0387. The lowest BCUT2D eigenvalue weighted by Gasteiger charge is -2.09. The molecule has 0 fully saturated rings. The van der Waals surface area contributed by atoms with E-state index >= 15 is 0 Å². The van der Waals surface area contributed by atoms with Gasteiger partial charge in [-0.05, 0) is 54.1 Å². The van der Waals surface area contributed by atoms with Crippen LogP contribution in [-0.2, 0) is 16.7 Å². The summed E-state index contributed by atoms with van der Waals surface area (Å²) >= 11 is 0. The number of fused-ring (bicyclic) bond motifs is 1. The smallest absolute Gasteiger partial charge is 0.339 e. The molecule has 0 aliphatic carbocycles. The maximum absolute atomic E-state index is 12.6. The van der Waals surface area contributed by atoms with Crippen molar-refractivity contribution in [2.45, 2.75) is 11.5 Å². The Morgan fingerprint density at radius 1 is 0.793 bits per heavy atom. The van der Waals surface area contributed by atoms with E-state index in [0.717, 1.165) is 5.56 Å². The first-order chi connectivity index (χ1) is 14.0. The van der Waals surface area contributed by atoms with E-state index < -0.39 is 15.7 Å². The van der Waals surface area contributed by atoms with Crippen molar-refractivity contribution in [1.82, 2.24) is 0 Å². The highest BCUT2D eigenvalue weighted by molar-refractivity contribution is 7.87. The topological polar surface area (TPSA) is 82.8 Å². The van der Waals surface area contributed by atoms with Crippen LogP contribution in [0.25, 0.3) is 11.0 Å². The summed E-state index contributed by atoms with van der Waals surface area (Å²) in [5, 5.41) is 0.485. The molecule has 146 valence electrons. The van der Waals surface area contributed by atoms with Gasteiger partial charge in [0.25, 0.3) is 0 Å². The quantitative estimate of drug-likeness (QED) is 0.352. The molecule has 7 heteroatoms. The second-order valence-corrected chi connectivity index (χ2v) is 7.78. The maximum Gasteiger partial charge on any atom is 0.339 e. The van der Waals surface area contributed by atoms with E-state index in [9.17, 15) is 13.2 Å². The number of benzene rings is 3. The van der Waals surface area contributed by atoms with Crippen molar-refractivity contribution in [2.24, 2.45) is 0 Å². The van der Waals surface area contributed by atoms with Crippen molar-refractivity contribution in [1.29, 1.82) is 0 Å². The molecule has 0 aliphatic rings. The largest absolute Gasteiger partial charge is 0.489 e. The van der Waals surface area contributed by atoms with E-state index in [-0.39, 0.29) is 10.6 Å². The van der Waals surface area contributed by atoms with Gasteiger partial charge in [-0.2, -0.15) is 8.42 Å². The van der Waals surface area contributed by atoms with E-state index in [1.54, 1.807) is 12.1 Å². The summed E-state index contributed by atoms with van der Waals surface area (Å²) in [6.45, 7) is 0.409. The monoisotopic (exact) mass is 408 g/mol. The highest BCUT2D eigenvalue weighted by Crippen LogP contribution is 2.24. The van der Waals surface area contributed by atoms with Gasteiger partial charge in [0.1, 0.15) is 28.6 Å². The Morgan fingerprint density at radius 2 is 1.52 bits per heavy atom. The van der Waals surface area contributed by atoms with Crippen LogP contribution >= 0.6 is 0 Å². The number of hydrogen-bond donors (Lipinski definition) is 0. The molecule has 0 bridgehead atoms. The van der Waals surface area contributed by atoms with Gasteiger partial charge in [-0.3, -0.25) is 0 Å². The molecular formula is C22H16O6S. The van der Waals surface area contributed by atoms with Crippen molar-refractivity contribution < 1.29 is 21.8 Å². The first kappa shape index (κ1) is 18.8. The van der Waals surface area contributed by atoms with E-state index in [0.29, 0.717) is 23.3 Å². The Kier molecular flexibility index (Phi) is 5.05. The standard InChI is InChI=1S/C22H16O6S/c23-22-13-6-17-14-20(11-12-21(17)27-22)29(24,25)28-19-9-7-18(8-10-19)26-15-16-4-2-1-3-5-16/h1-14H,15H2. The zero-order valence-corrected chi connectivity index (χ0v) is 16.0. The predicted octanol–water partition coefficient (Wildman–Crippen LogP) is 4.14. The van der Waals surface area contributed by atoms with Gasteiger partial charge in [0.15, 0.2) is 0 Å². The minimum atomic E-state index is -4.04. The van der Waals surface area contributed by atoms with Gasteiger partial charge in [0, 0.05) is 11.5 Å². The first-order valence-corrected chi connectivity index (χ1v) is 10.2. The van der Waals surface area contributed by atoms with Crippen molar-refractivity contribution in [2.75, 3.05) is 0 Å². The summed E-state index contributed by atoms with van der Waals surface area (Å²) in [4.78, 5) is 11.2. The molecule has 29 heavy (non-hydrogen) atoms. The van der Waals surface area contributed by atoms with E-state index in [4.69, 9.17) is 13.3 Å². The SMILES string of the molecule is O=c1ccc2cc(S(=O)(=O)Oc3ccc(OCc4ccccc4)cc3)ccc2o1. The molecule has 1 heterocycles. The molecule has 0 N–H and O–H groups in total. The Hall–Kier alpha value is -3.58. The molecule has 4 rings (SSSR count). The molecular weight excluding hydrogens is 392 g/mol. The molecule has 0 saturated carbocycles. The molecule has 0 radical (unpaired) electrons. The zero-order chi connectivity index (χ0) is 20.3. The molecule has 0 aliphatic heterocycles. The van der Waals surface area contributed by atoms with Gasteiger partial charge in [-0.1, -0.05) is 30.3 Å². The van der Waals surface area contributed by atoms with Gasteiger partial charge in [0.05, 0.1) is 0 Å². The van der Waals surface area contributed by atoms with Crippen LogP contribution in [0, 0.1) is 0 Å². The normalized spacial score (nSPS) is 11.3. The fraction of sp³-hybridized carbons (Fsp3) is 0.0455. The first-order valence-electron chi connectivity index (χ1n) is 8.75. The second-order valence-electron chi connectivity index (χ2n) is 6.24. The summed E-state index contributed by atoms with van der Waals surface area (Å²) in [7, 11) is -4.04. The fourth-order valence-corrected chi connectivity index (χ4v) is 3.68. The van der Waals surface area contributed by atoms with Crippen LogP contribution in [0.1, 0.15) is 5.56 Å². The lowest BCUT2D eigenvalue weighted by molar-refractivity contribution is 0.306. The van der Waals surface area contributed by atoms with E-state index in [1.807, 2.05) is 30.3 Å². The zero-order valence-electron chi connectivity index (χ0n) is 15.1. The van der Waals surface area contributed by atoms with Crippen LogP contribution in [0.5, 0.6) is 11.5 Å². The molecule has 0 saturated heterocycles. The minimum Gasteiger partial charge on any atom is -0.489 e. The molecule has 1 aromatic heterocycles. The van der Waals surface area contributed by atoms with Crippen LogP contribution in [0.15, 0.2) is 99.0 Å². The van der Waals surface area contributed by atoms with Crippen LogP contribution in [0.2, 0.25) is 0 Å². The van der Waals surface area contributed by atoms with Crippen molar-refractivity contribution in [3.05, 3.63) is 101 Å². The molecule has 4 aromatic rings. The molecule has 0 atom stereocenters. The lowest BCUT2D eigenvalue weighted by atomic mass is 10.2. The third kappa shape index (κ3) is 4.47. The summed E-state index contributed by atoms with van der Waals surface area (Å²) < 4.78 is 41.0. The summed E-state index contributed by atoms with van der Waals surface area (Å²) in [6, 6.07) is 22.9.